The van der Waals surface area contributed by atoms with Crippen molar-refractivity contribution < 1.29 is 34.2 Å². The molecule has 7 heteroatoms. The fourth-order valence-electron chi connectivity index (χ4n) is 5.56. The van der Waals surface area contributed by atoms with E-state index in [0.717, 1.165) is 19.3 Å². The van der Waals surface area contributed by atoms with E-state index in [9.17, 15) is 29.7 Å². The highest BCUT2D eigenvalue weighted by Gasteiger charge is 2.37. The summed E-state index contributed by atoms with van der Waals surface area (Å²) in [5.74, 6) is -5.04. The van der Waals surface area contributed by atoms with Crippen molar-refractivity contribution in [3.05, 3.63) is 12.3 Å². The number of nitrogens with zero attached hydrogens (tertiary/aromatic N) is 1. The Morgan fingerprint density at radius 3 is 1.07 bits per heavy atom. The lowest BCUT2D eigenvalue weighted by Crippen LogP contribution is -2.53. The molecule has 0 rings (SSSR count). The van der Waals surface area contributed by atoms with Crippen molar-refractivity contribution in [3.63, 3.8) is 0 Å². The van der Waals surface area contributed by atoms with Crippen LogP contribution in [0.5, 0.6) is 0 Å². The van der Waals surface area contributed by atoms with E-state index in [1.807, 2.05) is 12.3 Å². The molecule has 7 nitrogen and oxygen atoms in total. The van der Waals surface area contributed by atoms with E-state index in [2.05, 4.69) is 6.92 Å². The fraction of sp³-hybridized carbons (Fsp3) is 0.848. The summed E-state index contributed by atoms with van der Waals surface area (Å²) >= 11 is 0. The van der Waals surface area contributed by atoms with E-state index >= 15 is 0 Å². The quantitative estimate of drug-likeness (QED) is 0.0644. The van der Waals surface area contributed by atoms with Crippen molar-refractivity contribution in [2.45, 2.75) is 143 Å². The predicted octanol–water partition coefficient (Wildman–Crippen LogP) is 8.52. The van der Waals surface area contributed by atoms with Crippen molar-refractivity contribution in [1.82, 2.24) is 0 Å². The maximum Gasteiger partial charge on any atom is 0.311 e. The van der Waals surface area contributed by atoms with Crippen LogP contribution in [-0.2, 0) is 14.4 Å². The van der Waals surface area contributed by atoms with Gasteiger partial charge in [0.05, 0.1) is 25.8 Å². The summed E-state index contributed by atoms with van der Waals surface area (Å²) in [7, 11) is 0. The zero-order chi connectivity index (χ0) is 30.2. The van der Waals surface area contributed by atoms with Crippen LogP contribution in [-0.4, -0.2) is 57.3 Å². The first kappa shape index (κ1) is 38.1. The van der Waals surface area contributed by atoms with Crippen LogP contribution in [0.25, 0.3) is 0 Å². The number of hydrogen-bond donors (Lipinski definition) is 3. The van der Waals surface area contributed by atoms with Crippen LogP contribution in [0.4, 0.5) is 0 Å². The Morgan fingerprint density at radius 2 is 0.800 bits per heavy atom. The summed E-state index contributed by atoms with van der Waals surface area (Å²) in [4.78, 5) is 34.8. The van der Waals surface area contributed by atoms with E-state index in [4.69, 9.17) is 0 Å². The summed E-state index contributed by atoms with van der Waals surface area (Å²) in [5.41, 5.74) is 0. The highest BCUT2D eigenvalue weighted by atomic mass is 16.4. The number of hydrogen-bond acceptors (Lipinski definition) is 3. The van der Waals surface area contributed by atoms with Gasteiger partial charge in [-0.05, 0) is 39.7 Å². The third-order valence-electron chi connectivity index (χ3n) is 8.07. The Kier molecular flexibility index (Phi) is 22.7. The first-order valence-corrected chi connectivity index (χ1v) is 16.3. The number of unbranched alkanes of at least 4 members (excludes halogenated alkanes) is 17. The Balaban J connectivity index is 4.38. The van der Waals surface area contributed by atoms with Gasteiger partial charge in [0.25, 0.3) is 0 Å². The minimum atomic E-state index is -0.963. The van der Waals surface area contributed by atoms with Crippen LogP contribution >= 0.6 is 0 Å². The van der Waals surface area contributed by atoms with Gasteiger partial charge in [0.1, 0.15) is 17.8 Å². The van der Waals surface area contributed by atoms with Crippen molar-refractivity contribution >= 4 is 17.9 Å². The molecular formula is C33H62NO6+. The van der Waals surface area contributed by atoms with E-state index in [-0.39, 0.29) is 24.1 Å². The van der Waals surface area contributed by atoms with Crippen LogP contribution < -0.4 is 0 Å². The van der Waals surface area contributed by atoms with Crippen molar-refractivity contribution in [2.75, 3.05) is 19.6 Å². The van der Waals surface area contributed by atoms with Gasteiger partial charge >= 0.3 is 17.9 Å². The monoisotopic (exact) mass is 568 g/mol. The number of rotatable bonds is 28. The maximum atomic E-state index is 11.6. The molecule has 0 radical (unpaired) electrons. The van der Waals surface area contributed by atoms with Crippen molar-refractivity contribution in [2.24, 2.45) is 17.8 Å². The average molecular weight is 569 g/mol. The third-order valence-corrected chi connectivity index (χ3v) is 8.07. The molecule has 0 aromatic heterocycles. The lowest BCUT2D eigenvalue weighted by Gasteiger charge is -2.38. The number of quaternary nitrogens is 1. The molecule has 0 aromatic rings. The zero-order valence-electron chi connectivity index (χ0n) is 26.2. The number of carboxylic acids is 3. The maximum absolute atomic E-state index is 11.6. The summed E-state index contributed by atoms with van der Waals surface area (Å²) in [6.45, 7) is 7.55. The SMILES string of the molecule is CCCCCCCCCCCCCCCCCCC/C=C/[N+](CC(C)C(=O)O)(CC(C)C(=O)O)CC(C)C(=O)O. The molecule has 234 valence electrons. The molecule has 3 atom stereocenters. The molecule has 0 amide bonds. The van der Waals surface area contributed by atoms with Crippen LogP contribution in [0.2, 0.25) is 0 Å². The van der Waals surface area contributed by atoms with Gasteiger partial charge in [0, 0.05) is 0 Å². The number of carbonyl (C=O) groups is 3. The van der Waals surface area contributed by atoms with Gasteiger partial charge in [-0.3, -0.25) is 18.9 Å². The van der Waals surface area contributed by atoms with Crippen LogP contribution in [0.1, 0.15) is 143 Å². The highest BCUT2D eigenvalue weighted by Crippen LogP contribution is 2.22. The molecule has 3 unspecified atom stereocenters. The standard InChI is InChI=1S/C33H61NO6/c1-5-6-7-8-9-10-11-12-13-14-15-16-17-18-19-20-21-22-23-24-34(25-28(2)31(35)36,26-29(3)32(37)38)27-30(4)33(39)40/h23-24,28-30H,5-22,25-27H2,1-4H3,(H2-,35,36,37,38,39,40)/p+1/b24-23+. The zero-order valence-corrected chi connectivity index (χ0v) is 26.2. The third kappa shape index (κ3) is 20.1. The second-order valence-electron chi connectivity index (χ2n) is 12.3. The van der Waals surface area contributed by atoms with Crippen LogP contribution in [0, 0.1) is 17.8 Å². The molecule has 0 aromatic carbocycles. The van der Waals surface area contributed by atoms with Crippen LogP contribution in [0.3, 0.4) is 0 Å². The van der Waals surface area contributed by atoms with Gasteiger partial charge < -0.3 is 15.3 Å². The fourth-order valence-corrected chi connectivity index (χ4v) is 5.56. The van der Waals surface area contributed by atoms with Gasteiger partial charge in [-0.1, -0.05) is 110 Å². The second-order valence-corrected chi connectivity index (χ2v) is 12.3. The van der Waals surface area contributed by atoms with E-state index in [0.29, 0.717) is 0 Å². The molecule has 0 aliphatic heterocycles. The highest BCUT2D eigenvalue weighted by molar-refractivity contribution is 5.70. The number of carboxylic acid groups (broad SMARTS) is 3. The summed E-state index contributed by atoms with van der Waals surface area (Å²) < 4.78 is 0.0490. The largest absolute Gasteiger partial charge is 0.481 e. The smallest absolute Gasteiger partial charge is 0.311 e. The van der Waals surface area contributed by atoms with Crippen molar-refractivity contribution in [1.29, 1.82) is 0 Å². The predicted molar refractivity (Wildman–Crippen MR) is 163 cm³/mol. The lowest BCUT2D eigenvalue weighted by atomic mass is 10.0. The first-order valence-electron chi connectivity index (χ1n) is 16.3. The Labute approximate surface area is 245 Å². The van der Waals surface area contributed by atoms with Crippen LogP contribution in [0.15, 0.2) is 12.3 Å². The molecule has 0 fully saturated rings. The number of aliphatic carboxylic acids is 3. The van der Waals surface area contributed by atoms with Gasteiger partial charge in [-0.25, -0.2) is 0 Å². The normalized spacial score (nSPS) is 15.5. The molecule has 0 saturated heterocycles. The molecule has 0 bridgehead atoms. The molecule has 0 heterocycles. The Morgan fingerprint density at radius 1 is 0.525 bits per heavy atom. The van der Waals surface area contributed by atoms with Crippen molar-refractivity contribution in [3.8, 4) is 0 Å². The summed E-state index contributed by atoms with van der Waals surface area (Å²) in [5, 5.41) is 28.5. The molecule has 0 spiro atoms. The van der Waals surface area contributed by atoms with Gasteiger partial charge in [-0.2, -0.15) is 0 Å². The molecule has 0 aliphatic carbocycles. The topological polar surface area (TPSA) is 112 Å². The van der Waals surface area contributed by atoms with E-state index in [1.165, 1.54) is 96.3 Å². The van der Waals surface area contributed by atoms with Gasteiger partial charge in [-0.15, -0.1) is 0 Å². The average Bonchev–Trinajstić information content (AvgIpc) is 2.89. The molecular weight excluding hydrogens is 506 g/mol. The minimum absolute atomic E-state index is 0.0490. The summed E-state index contributed by atoms with van der Waals surface area (Å²) in [6, 6.07) is 0. The lowest BCUT2D eigenvalue weighted by molar-refractivity contribution is -0.886. The number of allylic oxidation sites excluding steroid dienone is 1. The molecule has 0 saturated carbocycles. The van der Waals surface area contributed by atoms with Gasteiger partial charge in [0.2, 0.25) is 0 Å². The molecule has 0 aliphatic rings. The minimum Gasteiger partial charge on any atom is -0.481 e. The second kappa shape index (κ2) is 23.8. The molecule has 3 N–H and O–H groups in total. The van der Waals surface area contributed by atoms with Gasteiger partial charge in [0.15, 0.2) is 0 Å². The van der Waals surface area contributed by atoms with E-state index < -0.39 is 35.7 Å². The summed E-state index contributed by atoms with van der Waals surface area (Å²) in [6.07, 6.45) is 27.1. The van der Waals surface area contributed by atoms with E-state index in [1.54, 1.807) is 20.8 Å². The Bertz CT molecular complexity index is 652. The first-order chi connectivity index (χ1) is 19.0. The Hall–Kier alpha value is -1.89. The molecule has 40 heavy (non-hydrogen) atoms.